The van der Waals surface area contributed by atoms with Crippen LogP contribution in [0.15, 0.2) is 0 Å². The molecule has 3 rings (SSSR count). The predicted molar refractivity (Wildman–Crippen MR) is 83.1 cm³/mol. The first-order valence-electron chi connectivity index (χ1n) is 7.87. The van der Waals surface area contributed by atoms with E-state index >= 15 is 0 Å². The molecule has 0 spiro atoms. The molecule has 7 heteroatoms. The highest BCUT2D eigenvalue weighted by Crippen LogP contribution is 2.22. The molecule has 1 N–H and O–H groups in total. The predicted octanol–water partition coefficient (Wildman–Crippen LogP) is 1.13. The second kappa shape index (κ2) is 6.43. The van der Waals surface area contributed by atoms with Gasteiger partial charge in [-0.15, -0.1) is 0 Å². The largest absolute Gasteiger partial charge is 0.377 e. The molecule has 3 heterocycles. The zero-order chi connectivity index (χ0) is 14.7. The van der Waals surface area contributed by atoms with Gasteiger partial charge < -0.3 is 19.9 Å². The van der Waals surface area contributed by atoms with Gasteiger partial charge in [-0.3, -0.25) is 0 Å². The van der Waals surface area contributed by atoms with Crippen LogP contribution in [0.5, 0.6) is 0 Å². The minimum absolute atomic E-state index is 0.294. The Morgan fingerprint density at radius 1 is 1.14 bits per heavy atom. The van der Waals surface area contributed by atoms with Gasteiger partial charge in [0.15, 0.2) is 0 Å². The van der Waals surface area contributed by atoms with E-state index in [4.69, 9.17) is 9.72 Å². The highest BCUT2D eigenvalue weighted by molar-refractivity contribution is 5.46. The Kier molecular flexibility index (Phi) is 4.38. The molecule has 7 nitrogen and oxygen atoms in total. The second-order valence-corrected chi connectivity index (χ2v) is 5.60. The molecular weight excluding hydrogens is 268 g/mol. The van der Waals surface area contributed by atoms with Crippen LogP contribution in [0, 0.1) is 0 Å². The molecule has 2 fully saturated rings. The van der Waals surface area contributed by atoms with Gasteiger partial charge in [-0.25, -0.2) is 0 Å². The fraction of sp³-hybridized carbons (Fsp3) is 0.786. The molecule has 0 saturated carbocycles. The summed E-state index contributed by atoms with van der Waals surface area (Å²) in [7, 11) is 0. The summed E-state index contributed by atoms with van der Waals surface area (Å²) in [5, 5.41) is 3.22. The Labute approximate surface area is 125 Å². The minimum atomic E-state index is 0.294. The molecule has 0 amide bonds. The maximum absolute atomic E-state index is 5.50. The van der Waals surface area contributed by atoms with Gasteiger partial charge in [0.05, 0.1) is 19.3 Å². The molecule has 0 aliphatic carbocycles. The normalized spacial score (nSPS) is 22.7. The molecule has 116 valence electrons. The molecule has 0 radical (unpaired) electrons. The number of ether oxygens (including phenoxy) is 1. The van der Waals surface area contributed by atoms with Gasteiger partial charge in [0.25, 0.3) is 0 Å². The molecule has 2 saturated heterocycles. The number of morpholine rings is 1. The van der Waals surface area contributed by atoms with E-state index in [1.165, 1.54) is 12.8 Å². The van der Waals surface area contributed by atoms with Crippen LogP contribution in [-0.2, 0) is 4.74 Å². The highest BCUT2D eigenvalue weighted by Gasteiger charge is 2.24. The Bertz CT molecular complexity index is 477. The lowest BCUT2D eigenvalue weighted by Crippen LogP contribution is -2.45. The van der Waals surface area contributed by atoms with Crippen molar-refractivity contribution in [3.8, 4) is 0 Å². The van der Waals surface area contributed by atoms with Crippen molar-refractivity contribution in [1.29, 1.82) is 0 Å². The standard InChI is InChI=1S/C14H24N6O/c1-3-15-12-16-13(19-6-4-5-7-19)18-14(17-12)20-8-9-21-10-11(20)2/h11H,3-10H2,1-2H3,(H,15,16,17,18). The summed E-state index contributed by atoms with van der Waals surface area (Å²) >= 11 is 0. The Hall–Kier alpha value is -1.63. The van der Waals surface area contributed by atoms with E-state index in [2.05, 4.69) is 38.9 Å². The van der Waals surface area contributed by atoms with Crippen molar-refractivity contribution in [2.75, 3.05) is 54.5 Å². The van der Waals surface area contributed by atoms with E-state index in [1.54, 1.807) is 0 Å². The van der Waals surface area contributed by atoms with Gasteiger partial charge >= 0.3 is 0 Å². The molecule has 1 aromatic rings. The first-order chi connectivity index (χ1) is 10.3. The number of hydrogen-bond donors (Lipinski definition) is 1. The number of aromatic nitrogens is 3. The van der Waals surface area contributed by atoms with Crippen molar-refractivity contribution in [1.82, 2.24) is 15.0 Å². The summed E-state index contributed by atoms with van der Waals surface area (Å²) in [6.07, 6.45) is 2.43. The van der Waals surface area contributed by atoms with Crippen LogP contribution in [0.25, 0.3) is 0 Å². The quantitative estimate of drug-likeness (QED) is 0.892. The first kappa shape index (κ1) is 14.3. The SMILES string of the molecule is CCNc1nc(N2CCCC2)nc(N2CCOCC2C)n1. The van der Waals surface area contributed by atoms with Crippen molar-refractivity contribution in [2.24, 2.45) is 0 Å². The lowest BCUT2D eigenvalue weighted by atomic mass is 10.3. The molecule has 0 aromatic carbocycles. The third kappa shape index (κ3) is 3.18. The molecule has 2 aliphatic rings. The van der Waals surface area contributed by atoms with Crippen LogP contribution in [-0.4, -0.2) is 60.4 Å². The van der Waals surface area contributed by atoms with E-state index < -0.39 is 0 Å². The maximum Gasteiger partial charge on any atom is 0.232 e. The van der Waals surface area contributed by atoms with Crippen LogP contribution < -0.4 is 15.1 Å². The topological polar surface area (TPSA) is 66.4 Å². The van der Waals surface area contributed by atoms with Gasteiger partial charge in [0.1, 0.15) is 0 Å². The third-order valence-corrected chi connectivity index (χ3v) is 3.96. The minimum Gasteiger partial charge on any atom is -0.377 e. The summed E-state index contributed by atoms with van der Waals surface area (Å²) in [6.45, 7) is 9.35. The van der Waals surface area contributed by atoms with Gasteiger partial charge in [0.2, 0.25) is 17.8 Å². The Balaban J connectivity index is 1.90. The molecule has 1 aromatic heterocycles. The van der Waals surface area contributed by atoms with E-state index in [1.807, 2.05) is 0 Å². The Morgan fingerprint density at radius 3 is 2.62 bits per heavy atom. The summed E-state index contributed by atoms with van der Waals surface area (Å²) in [6, 6.07) is 0.294. The van der Waals surface area contributed by atoms with E-state index in [0.29, 0.717) is 12.0 Å². The summed E-state index contributed by atoms with van der Waals surface area (Å²) < 4.78 is 5.50. The van der Waals surface area contributed by atoms with Crippen molar-refractivity contribution in [2.45, 2.75) is 32.7 Å². The fourth-order valence-corrected chi connectivity index (χ4v) is 2.80. The van der Waals surface area contributed by atoms with Crippen molar-refractivity contribution in [3.63, 3.8) is 0 Å². The lowest BCUT2D eigenvalue weighted by Gasteiger charge is -2.33. The molecule has 1 unspecified atom stereocenters. The average molecular weight is 292 g/mol. The van der Waals surface area contributed by atoms with E-state index in [0.717, 1.165) is 51.3 Å². The van der Waals surface area contributed by atoms with Crippen LogP contribution >= 0.6 is 0 Å². The number of hydrogen-bond acceptors (Lipinski definition) is 7. The number of nitrogens with zero attached hydrogens (tertiary/aromatic N) is 5. The summed E-state index contributed by atoms with van der Waals surface area (Å²) in [4.78, 5) is 18.3. The highest BCUT2D eigenvalue weighted by atomic mass is 16.5. The van der Waals surface area contributed by atoms with Gasteiger partial charge in [-0.05, 0) is 26.7 Å². The van der Waals surface area contributed by atoms with Crippen molar-refractivity contribution < 1.29 is 4.74 Å². The van der Waals surface area contributed by atoms with Gasteiger partial charge in [0, 0.05) is 26.2 Å². The van der Waals surface area contributed by atoms with Gasteiger partial charge in [-0.1, -0.05) is 0 Å². The van der Waals surface area contributed by atoms with E-state index in [-0.39, 0.29) is 0 Å². The molecule has 0 bridgehead atoms. The number of nitrogens with one attached hydrogen (secondary N) is 1. The average Bonchev–Trinajstić information content (AvgIpc) is 3.02. The maximum atomic E-state index is 5.50. The van der Waals surface area contributed by atoms with Crippen LogP contribution in [0.1, 0.15) is 26.7 Å². The fourth-order valence-electron chi connectivity index (χ4n) is 2.80. The van der Waals surface area contributed by atoms with Crippen LogP contribution in [0.3, 0.4) is 0 Å². The molecule has 1 atom stereocenters. The third-order valence-electron chi connectivity index (χ3n) is 3.96. The van der Waals surface area contributed by atoms with Crippen LogP contribution in [0.4, 0.5) is 17.8 Å². The molecule has 21 heavy (non-hydrogen) atoms. The Morgan fingerprint density at radius 2 is 1.90 bits per heavy atom. The number of rotatable bonds is 4. The zero-order valence-corrected chi connectivity index (χ0v) is 12.9. The van der Waals surface area contributed by atoms with E-state index in [9.17, 15) is 0 Å². The molecular formula is C14H24N6O. The summed E-state index contributed by atoms with van der Waals surface area (Å²) in [5.41, 5.74) is 0. The zero-order valence-electron chi connectivity index (χ0n) is 12.9. The molecule has 2 aliphatic heterocycles. The first-order valence-corrected chi connectivity index (χ1v) is 7.87. The van der Waals surface area contributed by atoms with Gasteiger partial charge in [-0.2, -0.15) is 15.0 Å². The lowest BCUT2D eigenvalue weighted by molar-refractivity contribution is 0.0981. The van der Waals surface area contributed by atoms with Crippen LogP contribution in [0.2, 0.25) is 0 Å². The monoisotopic (exact) mass is 292 g/mol. The van der Waals surface area contributed by atoms with Crippen molar-refractivity contribution in [3.05, 3.63) is 0 Å². The second-order valence-electron chi connectivity index (χ2n) is 5.60. The smallest absolute Gasteiger partial charge is 0.232 e. The number of anilines is 3. The summed E-state index contributed by atoms with van der Waals surface area (Å²) in [5.74, 6) is 2.23. The van der Waals surface area contributed by atoms with Crippen molar-refractivity contribution >= 4 is 17.8 Å².